The van der Waals surface area contributed by atoms with E-state index >= 15 is 0 Å². The minimum absolute atomic E-state index is 0.106. The highest BCUT2D eigenvalue weighted by Gasteiger charge is 2.73. The second-order valence-corrected chi connectivity index (χ2v) is 12.5. The van der Waals surface area contributed by atoms with Gasteiger partial charge >= 0.3 is 0 Å². The maximum atomic E-state index is 14.3. The standard InChI is InChI=1S/C34H41N3O4/c1-21-14-17-26(20-22(21)2)36-31(38)28-27-18-19-34(41-27)29(28)33(40)37(23(3)15-16-24-10-6-4-7-11-24)30(34)32(39)35-25-12-8-5-9-13-25/h4,6-7,10-11,14,17-20,23,25,27-30H,5,8-9,12-13,15-16H2,1-3H3,(H,35,39)(H,36,38)/t23-,27-,28+,29-,30-,34-/m0/s1. The third-order valence-electron chi connectivity index (χ3n) is 9.76. The zero-order valence-corrected chi connectivity index (χ0v) is 24.3. The summed E-state index contributed by atoms with van der Waals surface area (Å²) in [5, 5.41) is 6.32. The van der Waals surface area contributed by atoms with E-state index in [0.717, 1.165) is 43.2 Å². The van der Waals surface area contributed by atoms with E-state index in [9.17, 15) is 14.4 Å². The number of nitrogens with zero attached hydrogens (tertiary/aromatic N) is 1. The van der Waals surface area contributed by atoms with Crippen LogP contribution in [-0.2, 0) is 25.5 Å². The molecule has 3 amide bonds. The van der Waals surface area contributed by atoms with Gasteiger partial charge in [0.1, 0.15) is 11.6 Å². The molecule has 41 heavy (non-hydrogen) atoms. The van der Waals surface area contributed by atoms with Crippen LogP contribution in [0.2, 0.25) is 0 Å². The molecule has 2 saturated heterocycles. The van der Waals surface area contributed by atoms with Crippen LogP contribution in [0.3, 0.4) is 0 Å². The number of aryl methyl sites for hydroxylation is 3. The Morgan fingerprint density at radius 2 is 1.78 bits per heavy atom. The lowest BCUT2D eigenvalue weighted by Gasteiger charge is -2.36. The summed E-state index contributed by atoms with van der Waals surface area (Å²) in [6, 6.07) is 15.1. The van der Waals surface area contributed by atoms with Crippen molar-refractivity contribution >= 4 is 23.4 Å². The quantitative estimate of drug-likeness (QED) is 0.456. The van der Waals surface area contributed by atoms with Crippen LogP contribution >= 0.6 is 0 Å². The van der Waals surface area contributed by atoms with Gasteiger partial charge in [-0.1, -0.05) is 67.8 Å². The molecule has 216 valence electrons. The van der Waals surface area contributed by atoms with Crippen molar-refractivity contribution < 1.29 is 19.1 Å². The van der Waals surface area contributed by atoms with E-state index in [-0.39, 0.29) is 29.8 Å². The molecule has 3 fully saturated rings. The largest absolute Gasteiger partial charge is 0.359 e. The molecule has 4 aliphatic rings. The van der Waals surface area contributed by atoms with Crippen LogP contribution in [0, 0.1) is 25.7 Å². The van der Waals surface area contributed by atoms with E-state index in [2.05, 4.69) is 22.8 Å². The van der Waals surface area contributed by atoms with Gasteiger partial charge in [0.05, 0.1) is 17.9 Å². The summed E-state index contributed by atoms with van der Waals surface area (Å²) in [6.45, 7) is 6.05. The number of benzene rings is 2. The van der Waals surface area contributed by atoms with Crippen LogP contribution in [0.5, 0.6) is 0 Å². The Bertz CT molecular complexity index is 1350. The smallest absolute Gasteiger partial charge is 0.246 e. The molecular formula is C34H41N3O4. The Morgan fingerprint density at radius 1 is 1.02 bits per heavy atom. The third-order valence-corrected chi connectivity index (χ3v) is 9.76. The van der Waals surface area contributed by atoms with E-state index < -0.39 is 29.6 Å². The van der Waals surface area contributed by atoms with Crippen LogP contribution in [0.1, 0.15) is 62.1 Å². The van der Waals surface area contributed by atoms with Crippen molar-refractivity contribution in [3.63, 3.8) is 0 Å². The summed E-state index contributed by atoms with van der Waals surface area (Å²) >= 11 is 0. The first-order chi connectivity index (χ1) is 19.8. The lowest BCUT2D eigenvalue weighted by Crippen LogP contribution is -2.58. The van der Waals surface area contributed by atoms with Gasteiger partial charge < -0.3 is 20.3 Å². The summed E-state index contributed by atoms with van der Waals surface area (Å²) in [4.78, 5) is 44.0. The van der Waals surface area contributed by atoms with Crippen LogP contribution in [0.15, 0.2) is 60.7 Å². The lowest BCUT2D eigenvalue weighted by molar-refractivity contribution is -0.143. The Morgan fingerprint density at radius 3 is 2.51 bits per heavy atom. The highest BCUT2D eigenvalue weighted by Crippen LogP contribution is 2.56. The summed E-state index contributed by atoms with van der Waals surface area (Å²) in [5.74, 6) is -2.02. The number of carbonyl (C=O) groups excluding carboxylic acids is 3. The molecule has 1 aliphatic carbocycles. The molecule has 3 heterocycles. The molecule has 6 rings (SSSR count). The van der Waals surface area contributed by atoms with Crippen molar-refractivity contribution in [1.82, 2.24) is 10.2 Å². The summed E-state index contributed by atoms with van der Waals surface area (Å²) in [7, 11) is 0. The fraction of sp³-hybridized carbons (Fsp3) is 0.500. The van der Waals surface area contributed by atoms with Crippen LogP contribution in [0.25, 0.3) is 0 Å². The van der Waals surface area contributed by atoms with Gasteiger partial charge in [0.25, 0.3) is 0 Å². The van der Waals surface area contributed by atoms with Gasteiger partial charge in [0.2, 0.25) is 17.7 Å². The van der Waals surface area contributed by atoms with Gasteiger partial charge in [0.15, 0.2) is 0 Å². The molecule has 6 atom stereocenters. The van der Waals surface area contributed by atoms with Crippen molar-refractivity contribution in [2.24, 2.45) is 11.8 Å². The number of hydrogen-bond donors (Lipinski definition) is 2. The van der Waals surface area contributed by atoms with Gasteiger partial charge in [-0.15, -0.1) is 0 Å². The number of ether oxygens (including phenoxy) is 1. The molecule has 2 aromatic rings. The van der Waals surface area contributed by atoms with Gasteiger partial charge in [0, 0.05) is 17.8 Å². The normalized spacial score (nSPS) is 29.4. The summed E-state index contributed by atoms with van der Waals surface area (Å²) in [6.07, 6.45) is 10.0. The minimum atomic E-state index is -1.15. The molecule has 2 bridgehead atoms. The first-order valence-electron chi connectivity index (χ1n) is 15.2. The molecule has 7 heteroatoms. The Hall–Kier alpha value is -3.45. The molecule has 0 unspecified atom stereocenters. The van der Waals surface area contributed by atoms with Gasteiger partial charge in [-0.3, -0.25) is 14.4 Å². The molecule has 2 N–H and O–H groups in total. The number of anilines is 1. The van der Waals surface area contributed by atoms with Crippen molar-refractivity contribution in [1.29, 1.82) is 0 Å². The van der Waals surface area contributed by atoms with E-state index in [1.165, 1.54) is 12.0 Å². The highest BCUT2D eigenvalue weighted by molar-refractivity contribution is 6.03. The third kappa shape index (κ3) is 4.99. The number of fused-ring (bicyclic) bond motifs is 1. The molecular weight excluding hydrogens is 514 g/mol. The van der Waals surface area contributed by atoms with Crippen LogP contribution in [0.4, 0.5) is 5.69 Å². The molecule has 7 nitrogen and oxygen atoms in total. The van der Waals surface area contributed by atoms with Crippen molar-refractivity contribution in [3.8, 4) is 0 Å². The number of carbonyl (C=O) groups is 3. The van der Waals surface area contributed by atoms with E-state index in [0.29, 0.717) is 12.1 Å². The number of likely N-dealkylation sites (tertiary alicyclic amines) is 1. The Kier molecular flexibility index (Phi) is 7.49. The minimum Gasteiger partial charge on any atom is -0.359 e. The molecule has 0 aromatic heterocycles. The zero-order valence-electron chi connectivity index (χ0n) is 24.3. The fourth-order valence-electron chi connectivity index (χ4n) is 7.41. The van der Waals surface area contributed by atoms with Crippen molar-refractivity contribution in [3.05, 3.63) is 77.4 Å². The number of hydrogen-bond acceptors (Lipinski definition) is 4. The van der Waals surface area contributed by atoms with Crippen LogP contribution < -0.4 is 10.6 Å². The molecule has 3 aliphatic heterocycles. The number of amides is 3. The molecule has 1 saturated carbocycles. The average Bonchev–Trinajstić information content (AvgIpc) is 3.62. The van der Waals surface area contributed by atoms with E-state index in [1.54, 1.807) is 4.90 Å². The second kappa shape index (κ2) is 11.1. The zero-order chi connectivity index (χ0) is 28.7. The predicted molar refractivity (Wildman–Crippen MR) is 158 cm³/mol. The first-order valence-corrected chi connectivity index (χ1v) is 15.2. The molecule has 1 spiro atoms. The Labute approximate surface area is 242 Å². The molecule has 0 radical (unpaired) electrons. The summed E-state index contributed by atoms with van der Waals surface area (Å²) in [5.41, 5.74) is 2.97. The monoisotopic (exact) mass is 555 g/mol. The molecule has 2 aromatic carbocycles. The number of rotatable bonds is 8. The first kappa shape index (κ1) is 27.7. The maximum absolute atomic E-state index is 14.3. The second-order valence-electron chi connectivity index (χ2n) is 12.5. The van der Waals surface area contributed by atoms with E-state index in [1.807, 2.05) is 69.3 Å². The SMILES string of the molecule is Cc1ccc(NC(=O)[C@@H]2[C@@H]3C=C[C@]4(O3)[C@@H]2C(=O)N([C@@H](C)CCc2ccccc2)[C@H]4C(=O)NC2CCCCC2)cc1C. The van der Waals surface area contributed by atoms with E-state index in [4.69, 9.17) is 4.74 Å². The Balaban J connectivity index is 1.29. The topological polar surface area (TPSA) is 87.7 Å². The van der Waals surface area contributed by atoms with Gasteiger partial charge in [-0.2, -0.15) is 0 Å². The van der Waals surface area contributed by atoms with Crippen LogP contribution in [-0.4, -0.2) is 52.5 Å². The highest BCUT2D eigenvalue weighted by atomic mass is 16.5. The lowest BCUT2D eigenvalue weighted by atomic mass is 9.74. The summed E-state index contributed by atoms with van der Waals surface area (Å²) < 4.78 is 6.54. The number of nitrogens with one attached hydrogen (secondary N) is 2. The van der Waals surface area contributed by atoms with Gasteiger partial charge in [-0.05, 0) is 75.3 Å². The average molecular weight is 556 g/mol. The van der Waals surface area contributed by atoms with Gasteiger partial charge in [-0.25, -0.2) is 0 Å². The fourth-order valence-corrected chi connectivity index (χ4v) is 7.41. The van der Waals surface area contributed by atoms with Crippen molar-refractivity contribution in [2.45, 2.75) is 95.5 Å². The maximum Gasteiger partial charge on any atom is 0.246 e. The predicted octanol–water partition coefficient (Wildman–Crippen LogP) is 4.86. The van der Waals surface area contributed by atoms with Crippen molar-refractivity contribution in [2.75, 3.05) is 5.32 Å².